The first-order chi connectivity index (χ1) is 7.96. The van der Waals surface area contributed by atoms with Crippen molar-refractivity contribution in [3.8, 4) is 0 Å². The minimum absolute atomic E-state index is 0.0539. The van der Waals surface area contributed by atoms with Crippen LogP contribution in [-0.4, -0.2) is 35.7 Å². The average molecular weight is 249 g/mol. The molecule has 0 aromatic heterocycles. The molecule has 0 spiro atoms. The van der Waals surface area contributed by atoms with Crippen molar-refractivity contribution in [1.29, 1.82) is 0 Å². The summed E-state index contributed by atoms with van der Waals surface area (Å²) in [7, 11) is 0. The summed E-state index contributed by atoms with van der Waals surface area (Å²) in [6, 6.07) is 0.0752. The summed E-state index contributed by atoms with van der Waals surface area (Å²) in [5.74, 6) is 0.0803. The van der Waals surface area contributed by atoms with Gasteiger partial charge in [0.05, 0.1) is 6.04 Å². The maximum absolute atomic E-state index is 12.4. The molecular formula is C11H18F3N3. The standard InChI is InChI=1S/C11H18F3N3/c12-11(13,14)7-17(9-5-6-9)10(15)16-8-3-1-2-4-8/h8-9H,1-7H2,(H2,15,16). The number of guanidine groups is 1. The minimum atomic E-state index is -4.21. The van der Waals surface area contributed by atoms with Crippen molar-refractivity contribution in [3.05, 3.63) is 0 Å². The summed E-state index contributed by atoms with van der Waals surface area (Å²) in [4.78, 5) is 5.46. The highest BCUT2D eigenvalue weighted by atomic mass is 19.4. The molecule has 0 radical (unpaired) electrons. The van der Waals surface area contributed by atoms with Crippen molar-refractivity contribution in [2.45, 2.75) is 56.8 Å². The van der Waals surface area contributed by atoms with E-state index in [4.69, 9.17) is 5.73 Å². The van der Waals surface area contributed by atoms with Gasteiger partial charge in [0.15, 0.2) is 5.96 Å². The van der Waals surface area contributed by atoms with Crippen LogP contribution in [0.2, 0.25) is 0 Å². The third-order valence-corrected chi connectivity index (χ3v) is 3.27. The minimum Gasteiger partial charge on any atom is -0.370 e. The fraction of sp³-hybridized carbons (Fsp3) is 0.909. The molecule has 0 aromatic rings. The quantitative estimate of drug-likeness (QED) is 0.616. The Kier molecular flexibility index (Phi) is 3.49. The van der Waals surface area contributed by atoms with Gasteiger partial charge in [0.2, 0.25) is 0 Å². The summed E-state index contributed by atoms with van der Waals surface area (Å²) < 4.78 is 37.2. The summed E-state index contributed by atoms with van der Waals surface area (Å²) in [6.07, 6.45) is 1.47. The third kappa shape index (κ3) is 3.78. The predicted molar refractivity (Wildman–Crippen MR) is 59.7 cm³/mol. The number of hydrogen-bond donors (Lipinski definition) is 1. The van der Waals surface area contributed by atoms with Crippen LogP contribution >= 0.6 is 0 Å². The lowest BCUT2D eigenvalue weighted by atomic mass is 10.3. The van der Waals surface area contributed by atoms with Crippen LogP contribution in [-0.2, 0) is 0 Å². The molecule has 0 saturated heterocycles. The van der Waals surface area contributed by atoms with E-state index in [1.807, 2.05) is 0 Å². The van der Waals surface area contributed by atoms with Gasteiger partial charge in [0.1, 0.15) is 6.54 Å². The molecule has 2 fully saturated rings. The van der Waals surface area contributed by atoms with Gasteiger partial charge in [0.25, 0.3) is 0 Å². The molecule has 2 aliphatic carbocycles. The van der Waals surface area contributed by atoms with Crippen molar-refractivity contribution < 1.29 is 13.2 Å². The lowest BCUT2D eigenvalue weighted by molar-refractivity contribution is -0.138. The summed E-state index contributed by atoms with van der Waals surface area (Å²) in [5, 5.41) is 0. The Morgan fingerprint density at radius 1 is 1.18 bits per heavy atom. The second kappa shape index (κ2) is 4.74. The number of halogens is 3. The van der Waals surface area contributed by atoms with Crippen molar-refractivity contribution >= 4 is 5.96 Å². The highest BCUT2D eigenvalue weighted by molar-refractivity contribution is 5.79. The Morgan fingerprint density at radius 3 is 2.24 bits per heavy atom. The van der Waals surface area contributed by atoms with Crippen LogP contribution in [0.3, 0.4) is 0 Å². The molecule has 98 valence electrons. The van der Waals surface area contributed by atoms with E-state index in [1.54, 1.807) is 0 Å². The highest BCUT2D eigenvalue weighted by Gasteiger charge is 2.39. The number of nitrogens with zero attached hydrogens (tertiary/aromatic N) is 2. The van der Waals surface area contributed by atoms with Crippen LogP contribution in [0.5, 0.6) is 0 Å². The van der Waals surface area contributed by atoms with E-state index in [0.29, 0.717) is 0 Å². The molecule has 6 heteroatoms. The molecule has 2 aliphatic rings. The molecular weight excluding hydrogens is 231 g/mol. The van der Waals surface area contributed by atoms with Gasteiger partial charge in [-0.25, -0.2) is 4.99 Å². The molecule has 17 heavy (non-hydrogen) atoms. The first-order valence-corrected chi connectivity index (χ1v) is 6.12. The first kappa shape index (κ1) is 12.5. The number of rotatable bonds is 3. The monoisotopic (exact) mass is 249 g/mol. The first-order valence-electron chi connectivity index (χ1n) is 6.12. The van der Waals surface area contributed by atoms with Crippen molar-refractivity contribution in [2.75, 3.05) is 6.54 Å². The topological polar surface area (TPSA) is 41.6 Å². The van der Waals surface area contributed by atoms with Crippen molar-refractivity contribution in [2.24, 2.45) is 10.7 Å². The Labute approximate surface area is 98.9 Å². The molecule has 2 rings (SSSR count). The SMILES string of the molecule is NC(=NC1CCCC1)N(CC(F)(F)F)C1CC1. The number of hydrogen-bond acceptors (Lipinski definition) is 1. The summed E-state index contributed by atoms with van der Waals surface area (Å²) >= 11 is 0. The van der Waals surface area contributed by atoms with Gasteiger partial charge in [-0.2, -0.15) is 13.2 Å². The smallest absolute Gasteiger partial charge is 0.370 e. The maximum atomic E-state index is 12.4. The van der Waals surface area contributed by atoms with Crippen molar-refractivity contribution in [3.63, 3.8) is 0 Å². The molecule has 2 N–H and O–H groups in total. The molecule has 3 nitrogen and oxygen atoms in total. The second-order valence-electron chi connectivity index (χ2n) is 4.90. The van der Waals surface area contributed by atoms with Crippen LogP contribution in [0, 0.1) is 0 Å². The zero-order valence-electron chi connectivity index (χ0n) is 9.71. The number of aliphatic imine (C=N–C) groups is 1. The number of alkyl halides is 3. The Morgan fingerprint density at radius 2 is 1.76 bits per heavy atom. The Bertz CT molecular complexity index is 291. The van der Waals surface area contributed by atoms with E-state index in [1.165, 1.54) is 4.90 Å². The molecule has 0 heterocycles. The van der Waals surface area contributed by atoms with E-state index in [2.05, 4.69) is 4.99 Å². The largest absolute Gasteiger partial charge is 0.406 e. The van der Waals surface area contributed by atoms with Gasteiger partial charge in [-0.3, -0.25) is 0 Å². The molecule has 0 bridgehead atoms. The summed E-state index contributed by atoms with van der Waals surface area (Å²) in [6.45, 7) is -0.973. The molecule has 0 atom stereocenters. The zero-order valence-corrected chi connectivity index (χ0v) is 9.71. The maximum Gasteiger partial charge on any atom is 0.406 e. The molecule has 0 aromatic carbocycles. The fourth-order valence-corrected chi connectivity index (χ4v) is 2.27. The Balaban J connectivity index is 1.99. The van der Waals surface area contributed by atoms with Gasteiger partial charge in [-0.15, -0.1) is 0 Å². The van der Waals surface area contributed by atoms with Crippen LogP contribution in [0.4, 0.5) is 13.2 Å². The van der Waals surface area contributed by atoms with Gasteiger partial charge in [0, 0.05) is 6.04 Å². The molecule has 2 saturated carbocycles. The van der Waals surface area contributed by atoms with Crippen LogP contribution in [0.1, 0.15) is 38.5 Å². The third-order valence-electron chi connectivity index (χ3n) is 3.27. The van der Waals surface area contributed by atoms with Crippen LogP contribution in [0.25, 0.3) is 0 Å². The normalized spacial score (nSPS) is 23.1. The highest BCUT2D eigenvalue weighted by Crippen LogP contribution is 2.30. The molecule has 0 amide bonds. The van der Waals surface area contributed by atoms with Gasteiger partial charge < -0.3 is 10.6 Å². The van der Waals surface area contributed by atoms with Gasteiger partial charge >= 0.3 is 6.18 Å². The van der Waals surface area contributed by atoms with E-state index < -0.39 is 12.7 Å². The zero-order chi connectivity index (χ0) is 12.5. The number of nitrogens with two attached hydrogens (primary N) is 1. The molecule has 0 aliphatic heterocycles. The van der Waals surface area contributed by atoms with Gasteiger partial charge in [-0.1, -0.05) is 12.8 Å². The second-order valence-corrected chi connectivity index (χ2v) is 4.90. The average Bonchev–Trinajstić information content (AvgIpc) is 2.93. The molecule has 0 unspecified atom stereocenters. The predicted octanol–water partition coefficient (Wildman–Crippen LogP) is 2.27. The van der Waals surface area contributed by atoms with E-state index >= 15 is 0 Å². The summed E-state index contributed by atoms with van der Waals surface area (Å²) in [5.41, 5.74) is 5.72. The fourth-order valence-electron chi connectivity index (χ4n) is 2.27. The van der Waals surface area contributed by atoms with E-state index in [0.717, 1.165) is 38.5 Å². The van der Waals surface area contributed by atoms with Gasteiger partial charge in [-0.05, 0) is 25.7 Å². The van der Waals surface area contributed by atoms with E-state index in [-0.39, 0.29) is 18.0 Å². The van der Waals surface area contributed by atoms with Crippen LogP contribution < -0.4 is 5.73 Å². The lowest BCUT2D eigenvalue weighted by Gasteiger charge is -2.25. The van der Waals surface area contributed by atoms with E-state index in [9.17, 15) is 13.2 Å². The lowest BCUT2D eigenvalue weighted by Crippen LogP contribution is -2.45. The van der Waals surface area contributed by atoms with Crippen molar-refractivity contribution in [1.82, 2.24) is 4.90 Å². The van der Waals surface area contributed by atoms with Crippen LogP contribution in [0.15, 0.2) is 4.99 Å². The Hall–Kier alpha value is -0.940.